The van der Waals surface area contributed by atoms with Gasteiger partial charge in [0.15, 0.2) is 0 Å². The highest BCUT2D eigenvalue weighted by molar-refractivity contribution is 7.89. The van der Waals surface area contributed by atoms with E-state index in [1.807, 2.05) is 0 Å². The predicted octanol–water partition coefficient (Wildman–Crippen LogP) is 3.38. The zero-order valence-corrected chi connectivity index (χ0v) is 15.9. The molecule has 2 aromatic carbocycles. The minimum atomic E-state index is -3.90. The monoisotopic (exact) mass is 401 g/mol. The Morgan fingerprint density at radius 1 is 1.07 bits per heavy atom. The number of carbonyl (C=O) groups is 1. The molecule has 0 unspecified atom stereocenters. The second kappa shape index (κ2) is 8.28. The third kappa shape index (κ3) is 4.41. The third-order valence-corrected chi connectivity index (χ3v) is 5.95. The summed E-state index contributed by atoms with van der Waals surface area (Å²) in [5.41, 5.74) is 0.765. The maximum atomic E-state index is 13.2. The summed E-state index contributed by atoms with van der Waals surface area (Å²) < 4.78 is 38.2. The predicted molar refractivity (Wildman–Crippen MR) is 102 cm³/mol. The number of benzene rings is 2. The molecule has 28 heavy (non-hydrogen) atoms. The van der Waals surface area contributed by atoms with Crippen molar-refractivity contribution < 1.29 is 27.5 Å². The second-order valence-electron chi connectivity index (χ2n) is 6.03. The number of rotatable bonds is 8. The van der Waals surface area contributed by atoms with Crippen LogP contribution in [0.5, 0.6) is 5.75 Å². The van der Waals surface area contributed by atoms with E-state index in [4.69, 9.17) is 14.3 Å². The summed E-state index contributed by atoms with van der Waals surface area (Å²) in [6, 6.07) is 15.6. The molecule has 1 aromatic heterocycles. The van der Waals surface area contributed by atoms with Crippen molar-refractivity contribution in [2.45, 2.75) is 18.0 Å². The number of nitrogens with zero attached hydrogens (tertiary/aromatic N) is 1. The molecule has 0 bridgehead atoms. The molecular weight excluding hydrogens is 382 g/mol. The van der Waals surface area contributed by atoms with Gasteiger partial charge in [-0.3, -0.25) is 0 Å². The lowest BCUT2D eigenvalue weighted by atomic mass is 10.2. The van der Waals surface area contributed by atoms with Crippen LogP contribution in [0.25, 0.3) is 0 Å². The molecule has 7 nitrogen and oxygen atoms in total. The van der Waals surface area contributed by atoms with Crippen LogP contribution in [0.3, 0.4) is 0 Å². The van der Waals surface area contributed by atoms with Crippen LogP contribution in [-0.2, 0) is 23.1 Å². The third-order valence-electron chi connectivity index (χ3n) is 4.14. The van der Waals surface area contributed by atoms with Crippen LogP contribution in [0.15, 0.2) is 76.2 Å². The molecule has 3 rings (SSSR count). The first-order valence-electron chi connectivity index (χ1n) is 8.39. The number of carboxylic acids is 1. The fraction of sp³-hybridized carbons (Fsp3) is 0.150. The van der Waals surface area contributed by atoms with E-state index in [0.29, 0.717) is 11.5 Å². The van der Waals surface area contributed by atoms with Gasteiger partial charge in [-0.25, -0.2) is 13.2 Å². The smallest absolute Gasteiger partial charge is 0.335 e. The van der Waals surface area contributed by atoms with E-state index >= 15 is 0 Å². The Bertz CT molecular complexity index is 1040. The number of furan rings is 1. The standard InChI is InChI=1S/C20H19NO6S/c1-26-17-5-2-4-15(12-17)13-21(14-18-6-3-11-27-18)28(24,25)19-9-7-16(8-10-19)20(22)23/h2-12H,13-14H2,1H3,(H,22,23). The lowest BCUT2D eigenvalue weighted by Gasteiger charge is -2.22. The Balaban J connectivity index is 1.95. The highest BCUT2D eigenvalue weighted by atomic mass is 32.2. The van der Waals surface area contributed by atoms with E-state index in [0.717, 1.165) is 5.56 Å². The number of hydrogen-bond acceptors (Lipinski definition) is 5. The van der Waals surface area contributed by atoms with Gasteiger partial charge >= 0.3 is 5.97 Å². The molecule has 0 saturated carbocycles. The number of sulfonamides is 1. The molecule has 0 aliphatic carbocycles. The number of aromatic carboxylic acids is 1. The van der Waals surface area contributed by atoms with Gasteiger partial charge < -0.3 is 14.3 Å². The minimum absolute atomic E-state index is 0.00644. The van der Waals surface area contributed by atoms with Gasteiger partial charge in [0.25, 0.3) is 0 Å². The van der Waals surface area contributed by atoms with Crippen LogP contribution in [-0.4, -0.2) is 30.9 Å². The first-order valence-corrected chi connectivity index (χ1v) is 9.83. The molecule has 0 atom stereocenters. The van der Waals surface area contributed by atoms with Gasteiger partial charge in [-0.2, -0.15) is 4.31 Å². The van der Waals surface area contributed by atoms with E-state index in [9.17, 15) is 13.2 Å². The van der Waals surface area contributed by atoms with Crippen LogP contribution in [0.4, 0.5) is 0 Å². The topological polar surface area (TPSA) is 97.0 Å². The molecule has 0 spiro atoms. The highest BCUT2D eigenvalue weighted by Gasteiger charge is 2.26. The van der Waals surface area contributed by atoms with Gasteiger partial charge in [-0.1, -0.05) is 12.1 Å². The fourth-order valence-electron chi connectivity index (χ4n) is 2.70. The van der Waals surface area contributed by atoms with Crippen molar-refractivity contribution in [1.82, 2.24) is 4.31 Å². The van der Waals surface area contributed by atoms with Crippen LogP contribution in [0, 0.1) is 0 Å². The summed E-state index contributed by atoms with van der Waals surface area (Å²) >= 11 is 0. The summed E-state index contributed by atoms with van der Waals surface area (Å²) in [5.74, 6) is 0.0000511. The zero-order chi connectivity index (χ0) is 20.1. The second-order valence-corrected chi connectivity index (χ2v) is 7.97. The molecule has 0 radical (unpaired) electrons. The summed E-state index contributed by atoms with van der Waals surface area (Å²) in [6.45, 7) is 0.133. The first kappa shape index (κ1) is 19.7. The largest absolute Gasteiger partial charge is 0.497 e. The molecule has 0 fully saturated rings. The van der Waals surface area contributed by atoms with Crippen molar-refractivity contribution in [2.75, 3.05) is 7.11 Å². The average Bonchev–Trinajstić information content (AvgIpc) is 3.21. The Morgan fingerprint density at radius 3 is 2.43 bits per heavy atom. The Hall–Kier alpha value is -3.10. The van der Waals surface area contributed by atoms with Gasteiger partial charge in [-0.05, 0) is 54.1 Å². The Labute approximate surface area is 162 Å². The van der Waals surface area contributed by atoms with E-state index in [1.54, 1.807) is 43.5 Å². The zero-order valence-electron chi connectivity index (χ0n) is 15.1. The number of methoxy groups -OCH3 is 1. The normalized spacial score (nSPS) is 11.5. The van der Waals surface area contributed by atoms with Gasteiger partial charge in [0.2, 0.25) is 10.0 Å². The fourth-order valence-corrected chi connectivity index (χ4v) is 4.09. The quantitative estimate of drug-likeness (QED) is 0.622. The van der Waals surface area contributed by atoms with Crippen LogP contribution in [0.1, 0.15) is 21.7 Å². The molecule has 1 heterocycles. The lowest BCUT2D eigenvalue weighted by molar-refractivity contribution is 0.0696. The van der Waals surface area contributed by atoms with Crippen LogP contribution >= 0.6 is 0 Å². The lowest BCUT2D eigenvalue weighted by Crippen LogP contribution is -2.30. The molecule has 0 aliphatic heterocycles. The van der Waals surface area contributed by atoms with Gasteiger partial charge in [0, 0.05) is 6.54 Å². The van der Waals surface area contributed by atoms with E-state index in [1.165, 1.54) is 34.8 Å². The highest BCUT2D eigenvalue weighted by Crippen LogP contribution is 2.23. The van der Waals surface area contributed by atoms with Crippen molar-refractivity contribution in [1.29, 1.82) is 0 Å². The van der Waals surface area contributed by atoms with Crippen LogP contribution < -0.4 is 4.74 Å². The van der Waals surface area contributed by atoms with Crippen LogP contribution in [0.2, 0.25) is 0 Å². The summed E-state index contributed by atoms with van der Waals surface area (Å²) in [4.78, 5) is 11.0. The average molecular weight is 401 g/mol. The maximum absolute atomic E-state index is 13.2. The molecule has 0 amide bonds. The molecule has 3 aromatic rings. The van der Waals surface area contributed by atoms with Crippen molar-refractivity contribution >= 4 is 16.0 Å². The van der Waals surface area contributed by atoms with E-state index in [-0.39, 0.29) is 23.5 Å². The Morgan fingerprint density at radius 2 is 1.82 bits per heavy atom. The number of carboxylic acid groups (broad SMARTS) is 1. The minimum Gasteiger partial charge on any atom is -0.497 e. The molecular formula is C20H19NO6S. The number of ether oxygens (including phenoxy) is 1. The first-order chi connectivity index (χ1) is 13.4. The van der Waals surface area contributed by atoms with Gasteiger partial charge in [0.05, 0.1) is 30.4 Å². The number of hydrogen-bond donors (Lipinski definition) is 1. The van der Waals surface area contributed by atoms with Gasteiger partial charge in [-0.15, -0.1) is 0 Å². The SMILES string of the molecule is COc1cccc(CN(Cc2ccco2)S(=O)(=O)c2ccc(C(=O)O)cc2)c1. The maximum Gasteiger partial charge on any atom is 0.335 e. The van der Waals surface area contributed by atoms with Crippen molar-refractivity contribution in [2.24, 2.45) is 0 Å². The van der Waals surface area contributed by atoms with Crippen molar-refractivity contribution in [3.8, 4) is 5.75 Å². The van der Waals surface area contributed by atoms with E-state index in [2.05, 4.69) is 0 Å². The molecule has 146 valence electrons. The van der Waals surface area contributed by atoms with Gasteiger partial charge in [0.1, 0.15) is 11.5 Å². The molecule has 8 heteroatoms. The molecule has 0 aliphatic rings. The summed E-state index contributed by atoms with van der Waals surface area (Å²) in [7, 11) is -2.36. The summed E-state index contributed by atoms with van der Waals surface area (Å²) in [6.07, 6.45) is 1.48. The summed E-state index contributed by atoms with van der Waals surface area (Å²) in [5, 5.41) is 9.02. The molecule has 1 N–H and O–H groups in total. The van der Waals surface area contributed by atoms with E-state index < -0.39 is 16.0 Å². The van der Waals surface area contributed by atoms with Crippen molar-refractivity contribution in [3.05, 3.63) is 83.8 Å². The Kier molecular flexibility index (Phi) is 5.81. The van der Waals surface area contributed by atoms with Crippen molar-refractivity contribution in [3.63, 3.8) is 0 Å². The molecule has 0 saturated heterocycles.